The fourth-order valence-electron chi connectivity index (χ4n) is 1.75. The first-order valence-corrected chi connectivity index (χ1v) is 6.84. The number of pyridine rings is 1. The summed E-state index contributed by atoms with van der Waals surface area (Å²) in [6.45, 7) is 1.17. The Morgan fingerprint density at radius 2 is 2.10 bits per heavy atom. The number of ether oxygens (including phenoxy) is 1. The van der Waals surface area contributed by atoms with Gasteiger partial charge in [-0.3, -0.25) is 4.98 Å². The zero-order valence-electron chi connectivity index (χ0n) is 11.2. The van der Waals surface area contributed by atoms with Gasteiger partial charge in [0.2, 0.25) is 0 Å². The lowest BCUT2D eigenvalue weighted by molar-refractivity contribution is -0.138. The van der Waals surface area contributed by atoms with Crippen molar-refractivity contribution >= 4 is 0 Å². The van der Waals surface area contributed by atoms with Crippen LogP contribution in [0.2, 0.25) is 0 Å². The summed E-state index contributed by atoms with van der Waals surface area (Å²) in [5.74, 6) is 0. The molecule has 1 aliphatic rings. The quantitative estimate of drug-likeness (QED) is 0.746. The van der Waals surface area contributed by atoms with Crippen LogP contribution in [0.25, 0.3) is 0 Å². The average molecular weight is 288 g/mol. The lowest BCUT2D eigenvalue weighted by Crippen LogP contribution is -2.15. The number of hydrogen-bond donors (Lipinski definition) is 1. The highest BCUT2D eigenvalue weighted by Gasteiger charge is 2.25. The van der Waals surface area contributed by atoms with Gasteiger partial charge in [-0.1, -0.05) is 6.07 Å². The largest absolute Gasteiger partial charge is 0.389 e. The van der Waals surface area contributed by atoms with Crippen molar-refractivity contribution in [3.05, 3.63) is 29.6 Å². The van der Waals surface area contributed by atoms with Crippen molar-refractivity contribution < 1.29 is 17.9 Å². The van der Waals surface area contributed by atoms with Gasteiger partial charge in [0, 0.05) is 31.8 Å². The van der Waals surface area contributed by atoms with E-state index in [1.807, 2.05) is 12.1 Å². The zero-order chi connectivity index (χ0) is 14.4. The summed E-state index contributed by atoms with van der Waals surface area (Å²) >= 11 is 0. The molecule has 3 nitrogen and oxygen atoms in total. The van der Waals surface area contributed by atoms with E-state index in [9.17, 15) is 13.2 Å². The SMILES string of the molecule is FC(F)(F)CCCOCc1ccc(CNC2CC2)cn1. The van der Waals surface area contributed by atoms with E-state index >= 15 is 0 Å². The summed E-state index contributed by atoms with van der Waals surface area (Å²) in [6.07, 6.45) is -0.630. The van der Waals surface area contributed by atoms with E-state index in [0.29, 0.717) is 6.04 Å². The molecule has 1 saturated carbocycles. The van der Waals surface area contributed by atoms with Crippen LogP contribution in [0, 0.1) is 0 Å². The van der Waals surface area contributed by atoms with Crippen LogP contribution in [-0.2, 0) is 17.9 Å². The molecule has 0 atom stereocenters. The lowest BCUT2D eigenvalue weighted by Gasteiger charge is -2.07. The van der Waals surface area contributed by atoms with Gasteiger partial charge in [-0.25, -0.2) is 0 Å². The van der Waals surface area contributed by atoms with Gasteiger partial charge in [-0.15, -0.1) is 0 Å². The number of aromatic nitrogens is 1. The molecular weight excluding hydrogens is 269 g/mol. The predicted octanol–water partition coefficient (Wildman–Crippen LogP) is 3.19. The predicted molar refractivity (Wildman–Crippen MR) is 69.0 cm³/mol. The topological polar surface area (TPSA) is 34.1 Å². The first kappa shape index (κ1) is 15.3. The summed E-state index contributed by atoms with van der Waals surface area (Å²) in [6, 6.07) is 4.48. The summed E-state index contributed by atoms with van der Waals surface area (Å²) in [5.41, 5.74) is 1.85. The van der Waals surface area contributed by atoms with Crippen LogP contribution in [0.5, 0.6) is 0 Å². The van der Waals surface area contributed by atoms with Gasteiger partial charge < -0.3 is 10.1 Å². The molecular formula is C14H19F3N2O. The molecule has 1 aliphatic carbocycles. The van der Waals surface area contributed by atoms with E-state index < -0.39 is 12.6 Å². The highest BCUT2D eigenvalue weighted by Crippen LogP contribution is 2.21. The second kappa shape index (κ2) is 7.04. The molecule has 1 heterocycles. The molecule has 0 unspecified atom stereocenters. The zero-order valence-corrected chi connectivity index (χ0v) is 11.2. The molecule has 2 rings (SSSR count). The highest BCUT2D eigenvalue weighted by atomic mass is 19.4. The average Bonchev–Trinajstić information content (AvgIpc) is 3.20. The molecule has 112 valence electrons. The molecule has 1 aromatic heterocycles. The first-order valence-electron chi connectivity index (χ1n) is 6.84. The maximum absolute atomic E-state index is 11.9. The normalized spacial score (nSPS) is 15.6. The molecule has 0 saturated heterocycles. The Kier molecular flexibility index (Phi) is 5.37. The van der Waals surface area contributed by atoms with Crippen LogP contribution in [0.4, 0.5) is 13.2 Å². The van der Waals surface area contributed by atoms with Crippen LogP contribution < -0.4 is 5.32 Å². The standard InChI is InChI=1S/C14H19F3N2O/c15-14(16,17)6-1-7-20-10-13-3-2-11(9-19-13)8-18-12-4-5-12/h2-3,9,12,18H,1,4-8,10H2. The summed E-state index contributed by atoms with van der Waals surface area (Å²) in [7, 11) is 0. The molecule has 1 aromatic rings. The third-order valence-corrected chi connectivity index (χ3v) is 3.06. The molecule has 0 radical (unpaired) electrons. The lowest BCUT2D eigenvalue weighted by atomic mass is 10.2. The maximum Gasteiger partial charge on any atom is 0.389 e. The van der Waals surface area contributed by atoms with Crippen LogP contribution in [0.3, 0.4) is 0 Å². The van der Waals surface area contributed by atoms with E-state index in [0.717, 1.165) is 17.8 Å². The van der Waals surface area contributed by atoms with Gasteiger partial charge in [0.25, 0.3) is 0 Å². The van der Waals surface area contributed by atoms with Crippen molar-refractivity contribution in [1.82, 2.24) is 10.3 Å². The molecule has 0 aliphatic heterocycles. The Morgan fingerprint density at radius 3 is 2.70 bits per heavy atom. The van der Waals surface area contributed by atoms with Crippen LogP contribution in [0.15, 0.2) is 18.3 Å². The van der Waals surface area contributed by atoms with Gasteiger partial charge in [-0.05, 0) is 30.9 Å². The molecule has 0 spiro atoms. The maximum atomic E-state index is 11.9. The monoisotopic (exact) mass is 288 g/mol. The summed E-state index contributed by atoms with van der Waals surface area (Å²) in [5, 5.41) is 3.39. The number of halogens is 3. The van der Waals surface area contributed by atoms with Crippen molar-refractivity contribution in [3.63, 3.8) is 0 Å². The number of hydrogen-bond acceptors (Lipinski definition) is 3. The van der Waals surface area contributed by atoms with Gasteiger partial charge in [-0.2, -0.15) is 13.2 Å². The third kappa shape index (κ3) is 6.34. The second-order valence-electron chi connectivity index (χ2n) is 5.08. The Balaban J connectivity index is 1.60. The van der Waals surface area contributed by atoms with E-state index in [1.54, 1.807) is 6.20 Å². The Hall–Kier alpha value is -1.14. The fourth-order valence-corrected chi connectivity index (χ4v) is 1.75. The van der Waals surface area contributed by atoms with Crippen LogP contribution in [0.1, 0.15) is 36.9 Å². The van der Waals surface area contributed by atoms with Crippen molar-refractivity contribution in [2.45, 2.75) is 51.1 Å². The van der Waals surface area contributed by atoms with E-state index in [-0.39, 0.29) is 19.6 Å². The Morgan fingerprint density at radius 1 is 1.30 bits per heavy atom. The number of alkyl halides is 3. The first-order chi connectivity index (χ1) is 9.53. The van der Waals surface area contributed by atoms with E-state index in [1.165, 1.54) is 12.8 Å². The molecule has 0 aromatic carbocycles. The third-order valence-electron chi connectivity index (χ3n) is 3.06. The minimum Gasteiger partial charge on any atom is -0.375 e. The molecule has 6 heteroatoms. The van der Waals surface area contributed by atoms with Crippen LogP contribution >= 0.6 is 0 Å². The van der Waals surface area contributed by atoms with Crippen molar-refractivity contribution in [2.24, 2.45) is 0 Å². The number of rotatable bonds is 8. The molecule has 20 heavy (non-hydrogen) atoms. The fraction of sp³-hybridized carbons (Fsp3) is 0.643. The summed E-state index contributed by atoms with van der Waals surface area (Å²) < 4.78 is 40.9. The molecule has 1 N–H and O–H groups in total. The van der Waals surface area contributed by atoms with Gasteiger partial charge in [0.05, 0.1) is 12.3 Å². The number of nitrogens with one attached hydrogen (secondary N) is 1. The van der Waals surface area contributed by atoms with Gasteiger partial charge in [0.1, 0.15) is 0 Å². The second-order valence-corrected chi connectivity index (χ2v) is 5.08. The van der Waals surface area contributed by atoms with E-state index in [4.69, 9.17) is 4.74 Å². The van der Waals surface area contributed by atoms with Crippen molar-refractivity contribution in [1.29, 1.82) is 0 Å². The van der Waals surface area contributed by atoms with Crippen molar-refractivity contribution in [2.75, 3.05) is 6.61 Å². The molecule has 1 fully saturated rings. The smallest absolute Gasteiger partial charge is 0.375 e. The van der Waals surface area contributed by atoms with Crippen LogP contribution in [-0.4, -0.2) is 23.8 Å². The number of nitrogens with zero attached hydrogens (tertiary/aromatic N) is 1. The molecule has 0 amide bonds. The highest BCUT2D eigenvalue weighted by molar-refractivity contribution is 5.13. The Labute approximate surface area is 116 Å². The van der Waals surface area contributed by atoms with Crippen molar-refractivity contribution in [3.8, 4) is 0 Å². The summed E-state index contributed by atoms with van der Waals surface area (Å²) in [4.78, 5) is 4.24. The minimum absolute atomic E-state index is 0.00705. The Bertz CT molecular complexity index is 402. The van der Waals surface area contributed by atoms with Gasteiger partial charge in [0.15, 0.2) is 0 Å². The minimum atomic E-state index is -4.10. The van der Waals surface area contributed by atoms with Gasteiger partial charge >= 0.3 is 6.18 Å². The molecule has 0 bridgehead atoms. The van der Waals surface area contributed by atoms with E-state index in [2.05, 4.69) is 10.3 Å².